The molecule has 0 spiro atoms. The van der Waals surface area contributed by atoms with Crippen LogP contribution in [0.4, 0.5) is 0 Å². The highest BCUT2D eigenvalue weighted by Gasteiger charge is 2.52. The first-order valence-corrected chi connectivity index (χ1v) is 44.8. The Bertz CT molecular complexity index is 8920. The molecule has 0 atom stereocenters. The molecule has 604 valence electrons. The number of para-hydroxylation sites is 4. The third-order valence-corrected chi connectivity index (χ3v) is 28.3. The second-order valence-electron chi connectivity index (χ2n) is 34.8. The SMILES string of the molecule is c1ccc(-c2c3ccccc3c(-c3ccc(-c4cc5c(c6oc7ccccc7c46)-c4c(ccc6c4oc4ccccc46)C5(c4ccccc4)c4ccccc4)cc3)c3ccccc23)cc1.c1ccc(-c2c3ccccc3c(-c3ccc(-c4cc5c(c6oc7ccccc7c46)-c4c(ccc6oc7ccccc7c46)C5(c4ccccc4)c4ccccc4)cc3)c3ccccc23)cc1. The summed E-state index contributed by atoms with van der Waals surface area (Å²) in [6.45, 7) is 0. The van der Waals surface area contributed by atoms with Gasteiger partial charge in [-0.3, -0.25) is 0 Å². The highest BCUT2D eigenvalue weighted by atomic mass is 16.3. The topological polar surface area (TPSA) is 52.6 Å². The Morgan fingerprint density at radius 3 is 0.762 bits per heavy atom. The third-order valence-electron chi connectivity index (χ3n) is 28.3. The van der Waals surface area contributed by atoms with Gasteiger partial charge in [0.15, 0.2) is 0 Å². The van der Waals surface area contributed by atoms with E-state index in [2.05, 4.69) is 461 Å². The molecule has 0 saturated heterocycles. The number of rotatable bonds is 10. The molecule has 4 nitrogen and oxygen atoms in total. The van der Waals surface area contributed by atoms with Gasteiger partial charge in [-0.15, -0.1) is 0 Å². The Morgan fingerprint density at radius 2 is 0.392 bits per heavy atom. The predicted molar refractivity (Wildman–Crippen MR) is 539 cm³/mol. The number of hydrogen-bond donors (Lipinski definition) is 0. The van der Waals surface area contributed by atoms with E-state index in [9.17, 15) is 0 Å². The fraction of sp³-hybridized carbons (Fsp3) is 0.0159. The van der Waals surface area contributed by atoms with Crippen LogP contribution in [0, 0.1) is 0 Å². The van der Waals surface area contributed by atoms with Crippen molar-refractivity contribution in [3.05, 3.63) is 506 Å². The Balaban J connectivity index is 0.000000134. The van der Waals surface area contributed by atoms with Crippen LogP contribution in [-0.4, -0.2) is 0 Å². The molecule has 0 aliphatic heterocycles. The van der Waals surface area contributed by atoms with Gasteiger partial charge in [0.05, 0.1) is 10.8 Å². The van der Waals surface area contributed by atoms with Gasteiger partial charge in [0.25, 0.3) is 0 Å². The molecule has 28 rings (SSSR count). The van der Waals surface area contributed by atoms with Crippen molar-refractivity contribution in [3.8, 4) is 89.0 Å². The van der Waals surface area contributed by atoms with E-state index < -0.39 is 10.8 Å². The van der Waals surface area contributed by atoms with Crippen LogP contribution in [0.5, 0.6) is 0 Å². The predicted octanol–water partition coefficient (Wildman–Crippen LogP) is 34.3. The summed E-state index contributed by atoms with van der Waals surface area (Å²) in [4.78, 5) is 0. The summed E-state index contributed by atoms with van der Waals surface area (Å²) < 4.78 is 28.0. The lowest BCUT2D eigenvalue weighted by Crippen LogP contribution is -2.28. The van der Waals surface area contributed by atoms with E-state index in [1.54, 1.807) is 0 Å². The summed E-state index contributed by atoms with van der Waals surface area (Å²) in [7, 11) is 0. The van der Waals surface area contributed by atoms with Crippen LogP contribution in [0.15, 0.2) is 479 Å². The fourth-order valence-electron chi connectivity index (χ4n) is 23.0. The second-order valence-corrected chi connectivity index (χ2v) is 34.8. The van der Waals surface area contributed by atoms with Gasteiger partial charge in [-0.2, -0.15) is 0 Å². The van der Waals surface area contributed by atoms with E-state index in [-0.39, 0.29) is 0 Å². The molecule has 4 aromatic heterocycles. The Hall–Kier alpha value is -16.9. The van der Waals surface area contributed by atoms with Crippen molar-refractivity contribution < 1.29 is 17.7 Å². The maximum Gasteiger partial charge on any atom is 0.144 e. The molecule has 0 saturated carbocycles. The molecule has 4 heterocycles. The Kier molecular flexibility index (Phi) is 16.3. The van der Waals surface area contributed by atoms with E-state index in [0.29, 0.717) is 0 Å². The zero-order valence-electron chi connectivity index (χ0n) is 70.5. The summed E-state index contributed by atoms with van der Waals surface area (Å²) in [5.74, 6) is 0. The van der Waals surface area contributed by atoms with Gasteiger partial charge in [0.1, 0.15) is 44.7 Å². The van der Waals surface area contributed by atoms with E-state index in [0.717, 1.165) is 127 Å². The molecule has 26 aromatic rings. The van der Waals surface area contributed by atoms with Crippen molar-refractivity contribution in [2.24, 2.45) is 0 Å². The van der Waals surface area contributed by atoms with Crippen LogP contribution in [0.2, 0.25) is 0 Å². The van der Waals surface area contributed by atoms with Gasteiger partial charge in [-0.1, -0.05) is 419 Å². The first-order valence-electron chi connectivity index (χ1n) is 44.8. The summed E-state index contributed by atoms with van der Waals surface area (Å²) in [5, 5.41) is 18.8. The zero-order chi connectivity index (χ0) is 85.3. The minimum atomic E-state index is -0.680. The zero-order valence-corrected chi connectivity index (χ0v) is 70.5. The quantitative estimate of drug-likeness (QED) is 0.128. The maximum absolute atomic E-state index is 7.22. The highest BCUT2D eigenvalue weighted by molar-refractivity contribution is 6.28. The molecular weight excluding hydrogens is 1580 g/mol. The standard InChI is InChI=1S/2C63H38O2/c1-4-18-40(19-5-1)56-44-24-10-12-26-46(44)57(47-27-13-11-25-45(47)56)41-34-32-39(33-35-41)50-38-52-61(62-58(50)48-28-14-17-31-54(48)65-62)60-51(36-37-55-59(60)49-29-15-16-30-53(49)64-55)63(52,42-20-6-2-7-21-42)43-22-8-3-9-23-43;1-4-18-40(19-5-1)56-45-25-10-12-27-47(45)57(48-28-13-11-26-46(48)56)41-34-32-39(33-35-41)51-38-53-60(62-58(51)50-29-15-17-31-55(50)65-62)59-52(37-36-49-44-24-14-16-30-54(44)64-61(49)59)63(53,42-20-6-2-7-21-42)43-22-8-3-9-23-43/h2*1-38H. The van der Waals surface area contributed by atoms with Crippen molar-refractivity contribution in [1.82, 2.24) is 0 Å². The Morgan fingerprint density at radius 1 is 0.138 bits per heavy atom. The molecular formula is C126H76O4. The van der Waals surface area contributed by atoms with Gasteiger partial charge in [0.2, 0.25) is 0 Å². The van der Waals surface area contributed by atoms with Gasteiger partial charge >= 0.3 is 0 Å². The first-order chi connectivity index (χ1) is 64.5. The molecule has 0 bridgehead atoms. The third kappa shape index (κ3) is 10.6. The minimum Gasteiger partial charge on any atom is -0.456 e. The molecule has 2 aliphatic rings. The molecule has 0 unspecified atom stereocenters. The number of furan rings is 4. The molecule has 130 heavy (non-hydrogen) atoms. The van der Waals surface area contributed by atoms with Crippen LogP contribution in [0.3, 0.4) is 0 Å². The van der Waals surface area contributed by atoms with Gasteiger partial charge in [-0.25, -0.2) is 0 Å². The molecule has 4 heteroatoms. The lowest BCUT2D eigenvalue weighted by molar-refractivity contribution is 0.665. The number of fused-ring (bicyclic) bond motifs is 26. The lowest BCUT2D eigenvalue weighted by Gasteiger charge is -2.34. The van der Waals surface area contributed by atoms with Gasteiger partial charge < -0.3 is 17.7 Å². The molecule has 2 aliphatic carbocycles. The molecule has 22 aromatic carbocycles. The fourth-order valence-corrected chi connectivity index (χ4v) is 23.0. The lowest BCUT2D eigenvalue weighted by atomic mass is 9.67. The number of hydrogen-bond acceptors (Lipinski definition) is 4. The summed E-state index contributed by atoms with van der Waals surface area (Å²) in [5.41, 5.74) is 34.0. The van der Waals surface area contributed by atoms with Crippen molar-refractivity contribution in [3.63, 3.8) is 0 Å². The Labute approximate surface area is 748 Å². The average Bonchev–Trinajstić information content (AvgIpc) is 1.50. The van der Waals surface area contributed by atoms with E-state index in [1.807, 2.05) is 0 Å². The van der Waals surface area contributed by atoms with Crippen LogP contribution in [0.1, 0.15) is 44.5 Å². The van der Waals surface area contributed by atoms with Crippen LogP contribution >= 0.6 is 0 Å². The van der Waals surface area contributed by atoms with E-state index in [1.165, 1.54) is 138 Å². The maximum atomic E-state index is 7.22. The van der Waals surface area contributed by atoms with E-state index >= 15 is 0 Å². The first kappa shape index (κ1) is 73.4. The molecule has 0 N–H and O–H groups in total. The monoisotopic (exact) mass is 1650 g/mol. The van der Waals surface area contributed by atoms with Gasteiger partial charge in [-0.05, 0) is 197 Å². The molecule has 0 fully saturated rings. The largest absolute Gasteiger partial charge is 0.456 e. The average molecular weight is 1650 g/mol. The second kappa shape index (κ2) is 28.8. The molecule has 0 amide bonds. The normalized spacial score (nSPS) is 13.0. The minimum absolute atomic E-state index is 0.667. The highest BCUT2D eigenvalue weighted by Crippen LogP contribution is 2.65. The van der Waals surface area contributed by atoms with Crippen LogP contribution < -0.4 is 0 Å². The smallest absolute Gasteiger partial charge is 0.144 e. The summed E-state index contributed by atoms with van der Waals surface area (Å²) in [6, 6.07) is 168. The van der Waals surface area contributed by atoms with Crippen molar-refractivity contribution in [2.75, 3.05) is 0 Å². The van der Waals surface area contributed by atoms with Crippen molar-refractivity contribution in [1.29, 1.82) is 0 Å². The molecule has 0 radical (unpaired) electrons. The van der Waals surface area contributed by atoms with Crippen LogP contribution in [0.25, 0.3) is 220 Å². The van der Waals surface area contributed by atoms with Gasteiger partial charge in [0, 0.05) is 65.3 Å². The van der Waals surface area contributed by atoms with Crippen LogP contribution in [-0.2, 0) is 10.8 Å². The number of benzene rings is 22. The van der Waals surface area contributed by atoms with Crippen molar-refractivity contribution in [2.45, 2.75) is 10.8 Å². The van der Waals surface area contributed by atoms with E-state index in [4.69, 9.17) is 17.7 Å². The van der Waals surface area contributed by atoms with Crippen molar-refractivity contribution >= 4 is 131 Å². The summed E-state index contributed by atoms with van der Waals surface area (Å²) >= 11 is 0. The summed E-state index contributed by atoms with van der Waals surface area (Å²) in [6.07, 6.45) is 0.